The number of nitrogens with two attached hydrogens (primary N) is 2. The Bertz CT molecular complexity index is 968. The highest BCUT2D eigenvalue weighted by Gasteiger charge is 2.46. The molecule has 4 atom stereocenters. The molecule has 7 N–H and O–H groups in total. The molecule has 2 aromatic rings. The predicted molar refractivity (Wildman–Crippen MR) is 123 cm³/mol. The SMILES string of the molecule is N=C(N)CCC1CC(N(CC2CC(n3ccc4c(N)ncnc43)C(O)C2O)C2CCC2)C1. The van der Waals surface area contributed by atoms with E-state index < -0.39 is 12.2 Å². The fourth-order valence-electron chi connectivity index (χ4n) is 5.97. The number of hydrogen-bond acceptors (Lipinski definition) is 7. The van der Waals surface area contributed by atoms with Crippen molar-refractivity contribution in [3.8, 4) is 0 Å². The average molecular weight is 442 g/mol. The number of amidine groups is 1. The van der Waals surface area contributed by atoms with E-state index in [2.05, 4.69) is 14.9 Å². The van der Waals surface area contributed by atoms with Gasteiger partial charge in [-0.1, -0.05) is 6.42 Å². The third-order valence-corrected chi connectivity index (χ3v) is 8.16. The van der Waals surface area contributed by atoms with Crippen molar-refractivity contribution in [2.24, 2.45) is 17.6 Å². The number of nitrogens with zero attached hydrogens (tertiary/aromatic N) is 4. The van der Waals surface area contributed by atoms with Gasteiger partial charge in [-0.3, -0.25) is 10.3 Å². The summed E-state index contributed by atoms with van der Waals surface area (Å²) in [6, 6.07) is 2.79. The first kappa shape index (κ1) is 21.6. The maximum atomic E-state index is 11.0. The minimum atomic E-state index is -0.834. The van der Waals surface area contributed by atoms with E-state index in [-0.39, 0.29) is 17.8 Å². The number of nitrogens with one attached hydrogen (secondary N) is 1. The molecule has 0 bridgehead atoms. The second kappa shape index (κ2) is 8.61. The van der Waals surface area contributed by atoms with Gasteiger partial charge in [-0.25, -0.2) is 9.97 Å². The van der Waals surface area contributed by atoms with Gasteiger partial charge in [0.25, 0.3) is 0 Å². The quantitative estimate of drug-likeness (QED) is 0.309. The predicted octanol–water partition coefficient (Wildman–Crippen LogP) is 1.65. The fourth-order valence-corrected chi connectivity index (χ4v) is 5.97. The van der Waals surface area contributed by atoms with Crippen molar-refractivity contribution in [1.29, 1.82) is 5.41 Å². The van der Waals surface area contributed by atoms with Gasteiger partial charge in [0.05, 0.1) is 23.4 Å². The summed E-state index contributed by atoms with van der Waals surface area (Å²) in [4.78, 5) is 11.0. The summed E-state index contributed by atoms with van der Waals surface area (Å²) in [5.74, 6) is 1.37. The Labute approximate surface area is 188 Å². The molecule has 174 valence electrons. The van der Waals surface area contributed by atoms with Crippen LogP contribution >= 0.6 is 0 Å². The number of anilines is 1. The molecular formula is C23H35N7O2. The van der Waals surface area contributed by atoms with Gasteiger partial charge in [0.2, 0.25) is 0 Å². The van der Waals surface area contributed by atoms with Gasteiger partial charge in [-0.2, -0.15) is 0 Å². The zero-order valence-electron chi connectivity index (χ0n) is 18.5. The number of fused-ring (bicyclic) bond motifs is 1. The van der Waals surface area contributed by atoms with Crippen LogP contribution in [0.25, 0.3) is 11.0 Å². The Morgan fingerprint density at radius 1 is 1.16 bits per heavy atom. The van der Waals surface area contributed by atoms with Gasteiger partial charge in [0, 0.05) is 37.2 Å². The maximum Gasteiger partial charge on any atom is 0.145 e. The molecule has 0 aromatic carbocycles. The molecule has 0 spiro atoms. The highest BCUT2D eigenvalue weighted by atomic mass is 16.3. The lowest BCUT2D eigenvalue weighted by atomic mass is 9.74. The third kappa shape index (κ3) is 3.86. The minimum Gasteiger partial charge on any atom is -0.390 e. The average Bonchev–Trinajstić information content (AvgIpc) is 3.22. The number of rotatable bonds is 8. The van der Waals surface area contributed by atoms with Gasteiger partial charge in [0.1, 0.15) is 23.9 Å². The van der Waals surface area contributed by atoms with Crippen LogP contribution in [-0.4, -0.2) is 66.3 Å². The Morgan fingerprint density at radius 3 is 2.62 bits per heavy atom. The molecule has 3 saturated carbocycles. The van der Waals surface area contributed by atoms with E-state index in [1.807, 2.05) is 16.8 Å². The number of hydrogen-bond donors (Lipinski definition) is 5. The summed E-state index contributed by atoms with van der Waals surface area (Å²) in [5, 5.41) is 30.1. The minimum absolute atomic E-state index is 0.0171. The molecule has 9 heteroatoms. The molecule has 5 rings (SSSR count). The molecule has 0 saturated heterocycles. The molecule has 9 nitrogen and oxygen atoms in total. The van der Waals surface area contributed by atoms with Crippen LogP contribution in [0.4, 0.5) is 5.82 Å². The second-order valence-electron chi connectivity index (χ2n) is 10.1. The van der Waals surface area contributed by atoms with Crippen LogP contribution in [0.3, 0.4) is 0 Å². The monoisotopic (exact) mass is 441 g/mol. The lowest BCUT2D eigenvalue weighted by Gasteiger charge is -2.50. The first-order valence-electron chi connectivity index (χ1n) is 11.9. The van der Waals surface area contributed by atoms with Crippen LogP contribution in [0, 0.1) is 17.2 Å². The van der Waals surface area contributed by atoms with E-state index in [1.54, 1.807) is 0 Å². The van der Waals surface area contributed by atoms with Gasteiger partial charge >= 0.3 is 0 Å². The fraction of sp³-hybridized carbons (Fsp3) is 0.696. The first-order chi connectivity index (χ1) is 15.4. The molecule has 0 radical (unpaired) electrons. The van der Waals surface area contributed by atoms with Crippen molar-refractivity contribution in [3.63, 3.8) is 0 Å². The Morgan fingerprint density at radius 2 is 1.94 bits per heavy atom. The zero-order chi connectivity index (χ0) is 22.4. The Kier molecular flexibility index (Phi) is 5.81. The largest absolute Gasteiger partial charge is 0.390 e. The van der Waals surface area contributed by atoms with Crippen molar-refractivity contribution in [2.75, 3.05) is 12.3 Å². The normalized spacial score (nSPS) is 32.8. The highest BCUT2D eigenvalue weighted by Crippen LogP contribution is 2.43. The number of aliphatic hydroxyl groups excluding tert-OH is 2. The summed E-state index contributed by atoms with van der Waals surface area (Å²) in [6.45, 7) is 0.819. The van der Waals surface area contributed by atoms with Crippen LogP contribution in [0.5, 0.6) is 0 Å². The van der Waals surface area contributed by atoms with Crippen LogP contribution in [0.2, 0.25) is 0 Å². The number of nitrogen functional groups attached to an aromatic ring is 1. The topological polar surface area (TPSA) is 150 Å². The Hall–Kier alpha value is -2.23. The summed E-state index contributed by atoms with van der Waals surface area (Å²) in [7, 11) is 0. The van der Waals surface area contributed by atoms with Crippen molar-refractivity contribution in [1.82, 2.24) is 19.4 Å². The molecule has 3 fully saturated rings. The lowest BCUT2D eigenvalue weighted by molar-refractivity contribution is -0.0336. The highest BCUT2D eigenvalue weighted by molar-refractivity contribution is 5.86. The molecule has 3 aliphatic carbocycles. The Balaban J connectivity index is 1.27. The molecule has 4 unspecified atom stereocenters. The second-order valence-corrected chi connectivity index (χ2v) is 10.1. The summed E-state index contributed by atoms with van der Waals surface area (Å²) >= 11 is 0. The first-order valence-corrected chi connectivity index (χ1v) is 11.9. The molecule has 3 aliphatic rings. The third-order valence-electron chi connectivity index (χ3n) is 8.16. The van der Waals surface area contributed by atoms with E-state index in [4.69, 9.17) is 16.9 Å². The van der Waals surface area contributed by atoms with Gasteiger partial charge in [-0.15, -0.1) is 0 Å². The summed E-state index contributed by atoms with van der Waals surface area (Å²) in [6.07, 6.45) is 10.2. The number of aromatic nitrogens is 3. The molecule has 0 amide bonds. The van der Waals surface area contributed by atoms with Gasteiger partial charge < -0.3 is 26.2 Å². The van der Waals surface area contributed by atoms with Crippen LogP contribution < -0.4 is 11.5 Å². The van der Waals surface area contributed by atoms with Crippen molar-refractivity contribution in [2.45, 2.75) is 81.7 Å². The van der Waals surface area contributed by atoms with E-state index in [0.29, 0.717) is 42.3 Å². The van der Waals surface area contributed by atoms with E-state index in [9.17, 15) is 10.2 Å². The molecule has 2 heterocycles. The maximum absolute atomic E-state index is 11.0. The molecule has 0 aliphatic heterocycles. The van der Waals surface area contributed by atoms with Gasteiger partial charge in [-0.05, 0) is 50.5 Å². The van der Waals surface area contributed by atoms with Gasteiger partial charge in [0.15, 0.2) is 0 Å². The van der Waals surface area contributed by atoms with Crippen molar-refractivity contribution < 1.29 is 10.2 Å². The molecular weight excluding hydrogens is 406 g/mol. The van der Waals surface area contributed by atoms with Crippen LogP contribution in [0.1, 0.15) is 57.4 Å². The van der Waals surface area contributed by atoms with Crippen LogP contribution in [-0.2, 0) is 0 Å². The van der Waals surface area contributed by atoms with Crippen molar-refractivity contribution >= 4 is 22.7 Å². The van der Waals surface area contributed by atoms with E-state index in [0.717, 1.165) is 31.2 Å². The van der Waals surface area contributed by atoms with E-state index in [1.165, 1.54) is 25.6 Å². The molecule has 32 heavy (non-hydrogen) atoms. The van der Waals surface area contributed by atoms with E-state index >= 15 is 0 Å². The lowest BCUT2D eigenvalue weighted by Crippen LogP contribution is -2.54. The summed E-state index contributed by atoms with van der Waals surface area (Å²) < 4.78 is 1.95. The van der Waals surface area contributed by atoms with Crippen LogP contribution in [0.15, 0.2) is 18.6 Å². The molecule has 2 aromatic heterocycles. The standard InChI is InChI=1S/C23H35N7O2/c24-19(25)5-4-13-8-16(9-13)30(15-2-1-3-15)11-14-10-18(21(32)20(14)31)29-7-6-17-22(26)27-12-28-23(17)29/h6-7,12-16,18,20-21,31-32H,1-5,8-11H2,(H3,24,25)(H2,26,27,28). The number of aliphatic hydroxyl groups is 2. The zero-order valence-corrected chi connectivity index (χ0v) is 18.5. The smallest absolute Gasteiger partial charge is 0.145 e. The summed E-state index contributed by atoms with van der Waals surface area (Å²) in [5.41, 5.74) is 12.2. The van der Waals surface area contributed by atoms with Crippen molar-refractivity contribution in [3.05, 3.63) is 18.6 Å².